The maximum absolute atomic E-state index is 14.6. The second-order valence-corrected chi connectivity index (χ2v) is 19.3. The minimum absolute atomic E-state index is 0.00567. The van der Waals surface area contributed by atoms with E-state index in [0.717, 1.165) is 25.7 Å². The van der Waals surface area contributed by atoms with Crippen LogP contribution >= 0.6 is 23.5 Å². The first-order valence-corrected chi connectivity index (χ1v) is 17.7. The number of thioether (sulfide) groups is 2. The molecule has 0 radical (unpaired) electrons. The first-order chi connectivity index (χ1) is 18.1. The van der Waals surface area contributed by atoms with Gasteiger partial charge in [0.05, 0.1) is 16.6 Å². The molecule has 3 nitrogen and oxygen atoms in total. The van der Waals surface area contributed by atoms with E-state index < -0.39 is 5.41 Å². The lowest BCUT2D eigenvalue weighted by molar-refractivity contribution is -0.186. The summed E-state index contributed by atoms with van der Waals surface area (Å²) in [6.07, 6.45) is 13.4. The summed E-state index contributed by atoms with van der Waals surface area (Å²) >= 11 is 4.48. The van der Waals surface area contributed by atoms with Crippen molar-refractivity contribution in [1.29, 1.82) is 0 Å². The Kier molecular flexibility index (Phi) is 6.48. The highest BCUT2D eigenvalue weighted by Crippen LogP contribution is 2.77. The molecular weight excluding hydrogens is 521 g/mol. The zero-order chi connectivity index (χ0) is 28.3. The van der Waals surface area contributed by atoms with Crippen LogP contribution in [0.4, 0.5) is 0 Å². The predicted octanol–water partition coefficient (Wildman–Crippen LogP) is 8.71. The summed E-state index contributed by atoms with van der Waals surface area (Å²) in [6, 6.07) is 0. The maximum Gasteiger partial charge on any atom is 0.311 e. The van der Waals surface area contributed by atoms with Crippen molar-refractivity contribution < 1.29 is 14.3 Å². The van der Waals surface area contributed by atoms with Crippen LogP contribution in [0.25, 0.3) is 0 Å². The summed E-state index contributed by atoms with van der Waals surface area (Å²) in [7, 11) is 1.53. The van der Waals surface area contributed by atoms with Crippen molar-refractivity contribution >= 4 is 35.3 Å². The van der Waals surface area contributed by atoms with Gasteiger partial charge in [0.15, 0.2) is 5.78 Å². The molecule has 5 fully saturated rings. The Morgan fingerprint density at radius 3 is 2.23 bits per heavy atom. The van der Waals surface area contributed by atoms with E-state index in [2.05, 4.69) is 78.1 Å². The molecule has 0 aromatic carbocycles. The van der Waals surface area contributed by atoms with Crippen molar-refractivity contribution in [2.24, 2.45) is 50.2 Å². The third-order valence-corrected chi connectivity index (χ3v) is 18.4. The monoisotopic (exact) mass is 572 g/mol. The fourth-order valence-corrected chi connectivity index (χ4v) is 15.4. The van der Waals surface area contributed by atoms with Gasteiger partial charge in [0.1, 0.15) is 0 Å². The quantitative estimate of drug-likeness (QED) is 0.294. The first-order valence-electron chi connectivity index (χ1n) is 15.7. The Morgan fingerprint density at radius 2 is 1.56 bits per heavy atom. The predicted molar refractivity (Wildman–Crippen MR) is 164 cm³/mol. The van der Waals surface area contributed by atoms with E-state index >= 15 is 0 Å². The van der Waals surface area contributed by atoms with E-state index in [-0.39, 0.29) is 44.9 Å². The van der Waals surface area contributed by atoms with E-state index in [9.17, 15) is 9.59 Å². The molecule has 0 aromatic heterocycles. The van der Waals surface area contributed by atoms with Crippen LogP contribution in [0.1, 0.15) is 113 Å². The van der Waals surface area contributed by atoms with Gasteiger partial charge in [-0.25, -0.2) is 0 Å². The summed E-state index contributed by atoms with van der Waals surface area (Å²) in [5.41, 5.74) is 1.31. The molecule has 39 heavy (non-hydrogen) atoms. The lowest BCUT2D eigenvalue weighted by Crippen LogP contribution is -2.67. The van der Waals surface area contributed by atoms with Crippen LogP contribution in [0.3, 0.4) is 0 Å². The lowest BCUT2D eigenvalue weighted by Gasteiger charge is -2.72. The molecule has 1 aliphatic heterocycles. The fourth-order valence-electron chi connectivity index (χ4n) is 11.6. The van der Waals surface area contributed by atoms with E-state index in [1.807, 2.05) is 0 Å². The summed E-state index contributed by atoms with van der Waals surface area (Å²) < 4.78 is 5.61. The van der Waals surface area contributed by atoms with Crippen molar-refractivity contribution in [2.45, 2.75) is 117 Å². The van der Waals surface area contributed by atoms with Crippen LogP contribution < -0.4 is 0 Å². The Bertz CT molecular complexity index is 1110. The number of carbonyl (C=O) groups is 2. The second-order valence-electron chi connectivity index (χ2n) is 16.3. The molecule has 0 N–H and O–H groups in total. The minimum Gasteiger partial charge on any atom is -0.469 e. The van der Waals surface area contributed by atoms with E-state index in [1.165, 1.54) is 62.7 Å². The van der Waals surface area contributed by atoms with Crippen LogP contribution in [0.5, 0.6) is 0 Å². The van der Waals surface area contributed by atoms with Gasteiger partial charge in [-0.3, -0.25) is 9.59 Å². The van der Waals surface area contributed by atoms with Gasteiger partial charge in [-0.15, -0.1) is 23.5 Å². The molecule has 1 spiro atoms. The molecule has 0 aromatic rings. The van der Waals surface area contributed by atoms with Crippen LogP contribution in [-0.4, -0.2) is 34.4 Å². The van der Waals surface area contributed by atoms with Crippen LogP contribution in [0.2, 0.25) is 0 Å². The lowest BCUT2D eigenvalue weighted by atomic mass is 9.33. The number of fused-ring (bicyclic) bond motifs is 7. The molecule has 1 saturated heterocycles. The summed E-state index contributed by atoms with van der Waals surface area (Å²) in [5.74, 6) is 3.85. The van der Waals surface area contributed by atoms with Gasteiger partial charge in [0.2, 0.25) is 0 Å². The molecule has 1 heterocycles. The van der Waals surface area contributed by atoms with Gasteiger partial charge in [-0.1, -0.05) is 47.1 Å². The van der Waals surface area contributed by atoms with E-state index in [4.69, 9.17) is 4.74 Å². The number of ether oxygens (including phenoxy) is 1. The minimum atomic E-state index is -0.459. The highest BCUT2D eigenvalue weighted by atomic mass is 32.2. The molecule has 8 atom stereocenters. The van der Waals surface area contributed by atoms with Crippen LogP contribution in [0, 0.1) is 50.2 Å². The zero-order valence-corrected chi connectivity index (χ0v) is 27.5. The SMILES string of the molecule is COC(=O)[C@@]1(C)CC[C@]2(C)CC[C@]3(C)C(=CC(=O)[C@@H]4[C@@]5(C)CCC6(SCCCS6)C(C)(C)[C@@H]5CC[C@]43C)[C@@H]2C1. The highest BCUT2D eigenvalue weighted by Gasteiger charge is 2.72. The largest absolute Gasteiger partial charge is 0.469 e. The Balaban J connectivity index is 1.42. The Morgan fingerprint density at radius 1 is 0.897 bits per heavy atom. The standard InChI is InChI=1S/C34H52O3S2/c1-28(2)25-10-11-33(7)26(31(25,5)15-17-34(28)38-18-9-19-39-34)24(35)20-22-23-21-30(4,27(36)37-8)13-12-29(23,3)14-16-32(22,33)6/h20,23,25-26H,9-19,21H2,1-8H3/t23-,25-,26+,29+,30-,31-,32+,33+/m0/s1. The van der Waals surface area contributed by atoms with Crippen molar-refractivity contribution in [3.63, 3.8) is 0 Å². The topological polar surface area (TPSA) is 43.4 Å². The zero-order valence-electron chi connectivity index (χ0n) is 25.8. The second kappa shape index (κ2) is 8.80. The van der Waals surface area contributed by atoms with Gasteiger partial charge < -0.3 is 4.74 Å². The molecule has 0 unspecified atom stereocenters. The number of esters is 1. The van der Waals surface area contributed by atoms with Gasteiger partial charge >= 0.3 is 5.97 Å². The number of rotatable bonds is 1. The number of allylic oxidation sites excluding steroid dienone is 2. The number of hydrogen-bond donors (Lipinski definition) is 0. The fraction of sp³-hybridized carbons (Fsp3) is 0.882. The molecule has 6 rings (SSSR count). The van der Waals surface area contributed by atoms with Gasteiger partial charge in [0, 0.05) is 5.92 Å². The Hall–Kier alpha value is -0.420. The average molecular weight is 573 g/mol. The summed E-state index contributed by atoms with van der Waals surface area (Å²) in [4.78, 5) is 27.6. The molecule has 4 saturated carbocycles. The molecule has 5 heteroatoms. The summed E-state index contributed by atoms with van der Waals surface area (Å²) in [5, 5.41) is 0. The smallest absolute Gasteiger partial charge is 0.311 e. The van der Waals surface area contributed by atoms with Gasteiger partial charge in [0.25, 0.3) is 0 Å². The third kappa shape index (κ3) is 3.56. The average Bonchev–Trinajstić information content (AvgIpc) is 2.89. The number of hydrogen-bond acceptors (Lipinski definition) is 5. The van der Waals surface area contributed by atoms with Gasteiger partial charge in [-0.2, -0.15) is 0 Å². The van der Waals surface area contributed by atoms with Gasteiger partial charge in [-0.05, 0) is 128 Å². The van der Waals surface area contributed by atoms with Crippen LogP contribution in [0.15, 0.2) is 11.6 Å². The number of ketones is 1. The Labute approximate surface area is 246 Å². The van der Waals surface area contributed by atoms with Crippen molar-refractivity contribution in [3.05, 3.63) is 11.6 Å². The maximum atomic E-state index is 14.6. The van der Waals surface area contributed by atoms with Crippen molar-refractivity contribution in [3.8, 4) is 0 Å². The third-order valence-electron chi connectivity index (χ3n) is 14.3. The van der Waals surface area contributed by atoms with E-state index in [1.54, 1.807) is 0 Å². The molecule has 6 aliphatic rings. The first kappa shape index (κ1) is 28.7. The normalized spacial score (nSPS) is 50.1. The molecule has 0 bridgehead atoms. The number of carbonyl (C=O) groups excluding carboxylic acids is 2. The van der Waals surface area contributed by atoms with Crippen molar-refractivity contribution in [1.82, 2.24) is 0 Å². The van der Waals surface area contributed by atoms with E-state index in [0.29, 0.717) is 15.8 Å². The summed E-state index contributed by atoms with van der Waals surface area (Å²) in [6.45, 7) is 17.2. The number of methoxy groups -OCH3 is 1. The molecular formula is C34H52O3S2. The highest BCUT2D eigenvalue weighted by molar-refractivity contribution is 8.18. The molecule has 218 valence electrons. The van der Waals surface area contributed by atoms with Crippen LogP contribution in [-0.2, 0) is 14.3 Å². The molecule has 0 amide bonds. The molecule has 5 aliphatic carbocycles. The van der Waals surface area contributed by atoms with Crippen molar-refractivity contribution in [2.75, 3.05) is 18.6 Å².